The molecule has 0 aromatic heterocycles. The van der Waals surface area contributed by atoms with Crippen molar-refractivity contribution in [3.63, 3.8) is 0 Å². The molecular weight excluding hydrogens is 200 g/mol. The summed E-state index contributed by atoms with van der Waals surface area (Å²) in [5.41, 5.74) is 2.66. The largest absolute Gasteiger partial charge is 0.496 e. The fourth-order valence-corrected chi connectivity index (χ4v) is 2.37. The Bertz CT molecular complexity index is 346. The highest BCUT2D eigenvalue weighted by Gasteiger charge is 2.17. The number of hydrogen-bond acceptors (Lipinski definition) is 1. The summed E-state index contributed by atoms with van der Waals surface area (Å²) in [6.45, 7) is 8.27. The van der Waals surface area contributed by atoms with Crippen molar-refractivity contribution in [2.24, 2.45) is 0 Å². The summed E-state index contributed by atoms with van der Waals surface area (Å²) < 4.78 is 5.42. The lowest BCUT2D eigenvalue weighted by atomic mass is 10.1. The molecule has 3 nitrogen and oxygen atoms in total. The third-order valence-electron chi connectivity index (χ3n) is 3.28. The zero-order chi connectivity index (χ0) is 11.4. The van der Waals surface area contributed by atoms with E-state index < -0.39 is 0 Å². The van der Waals surface area contributed by atoms with Crippen LogP contribution in [0.3, 0.4) is 0 Å². The molecule has 0 amide bonds. The fourth-order valence-electron chi connectivity index (χ4n) is 2.37. The summed E-state index contributed by atoms with van der Waals surface area (Å²) in [6.07, 6.45) is 0. The number of methoxy groups -OCH3 is 1. The number of benzene rings is 1. The second-order valence-corrected chi connectivity index (χ2v) is 4.61. The number of quaternary nitrogens is 2. The SMILES string of the molecule is COc1ccc(C)cc1C[NH+]1CC[NH2+]CC1. The van der Waals surface area contributed by atoms with Crippen LogP contribution in [0.1, 0.15) is 11.1 Å². The van der Waals surface area contributed by atoms with E-state index in [-0.39, 0.29) is 0 Å². The predicted molar refractivity (Wildman–Crippen MR) is 63.8 cm³/mol. The average Bonchev–Trinajstić information content (AvgIpc) is 2.31. The highest BCUT2D eigenvalue weighted by molar-refractivity contribution is 5.36. The fraction of sp³-hybridized carbons (Fsp3) is 0.538. The van der Waals surface area contributed by atoms with Gasteiger partial charge in [-0.3, -0.25) is 0 Å². The number of rotatable bonds is 3. The molecule has 1 aliphatic rings. The normalized spacial score (nSPS) is 17.4. The van der Waals surface area contributed by atoms with Crippen LogP contribution in [0.2, 0.25) is 0 Å². The lowest BCUT2D eigenvalue weighted by Crippen LogP contribution is -3.19. The summed E-state index contributed by atoms with van der Waals surface area (Å²) in [5, 5.41) is 2.40. The average molecular weight is 222 g/mol. The quantitative estimate of drug-likeness (QED) is 0.673. The van der Waals surface area contributed by atoms with Crippen molar-refractivity contribution >= 4 is 0 Å². The molecule has 2 rings (SSSR count). The Balaban J connectivity index is 2.09. The number of hydrogen-bond donors (Lipinski definition) is 2. The van der Waals surface area contributed by atoms with Crippen molar-refractivity contribution in [2.45, 2.75) is 13.5 Å². The van der Waals surface area contributed by atoms with Gasteiger partial charge in [0.05, 0.1) is 7.11 Å². The first-order valence-electron chi connectivity index (χ1n) is 6.08. The second-order valence-electron chi connectivity index (χ2n) is 4.61. The van der Waals surface area contributed by atoms with Crippen molar-refractivity contribution < 1.29 is 15.0 Å². The maximum absolute atomic E-state index is 5.42. The van der Waals surface area contributed by atoms with E-state index in [1.54, 1.807) is 12.0 Å². The van der Waals surface area contributed by atoms with Gasteiger partial charge in [0.15, 0.2) is 0 Å². The highest BCUT2D eigenvalue weighted by Crippen LogP contribution is 2.18. The lowest BCUT2D eigenvalue weighted by molar-refractivity contribution is -0.958. The number of piperazine rings is 1. The van der Waals surface area contributed by atoms with Gasteiger partial charge in [-0.2, -0.15) is 0 Å². The van der Waals surface area contributed by atoms with E-state index in [0.29, 0.717) is 0 Å². The van der Waals surface area contributed by atoms with Gasteiger partial charge in [-0.15, -0.1) is 0 Å². The van der Waals surface area contributed by atoms with Gasteiger partial charge in [-0.05, 0) is 19.1 Å². The standard InChI is InChI=1S/C13H20N2O/c1-11-3-4-13(16-2)12(9-11)10-15-7-5-14-6-8-15/h3-4,9,14H,5-8,10H2,1-2H3/p+2. The molecule has 3 N–H and O–H groups in total. The van der Waals surface area contributed by atoms with E-state index in [0.717, 1.165) is 12.3 Å². The zero-order valence-electron chi connectivity index (χ0n) is 10.3. The van der Waals surface area contributed by atoms with Gasteiger partial charge < -0.3 is 15.0 Å². The van der Waals surface area contributed by atoms with Crippen LogP contribution < -0.4 is 15.0 Å². The maximum Gasteiger partial charge on any atom is 0.127 e. The van der Waals surface area contributed by atoms with Crippen molar-refractivity contribution in [3.8, 4) is 5.75 Å². The summed E-state index contributed by atoms with van der Waals surface area (Å²) in [7, 11) is 1.76. The summed E-state index contributed by atoms with van der Waals surface area (Å²) in [4.78, 5) is 1.67. The first-order chi connectivity index (χ1) is 7.79. The van der Waals surface area contributed by atoms with E-state index in [4.69, 9.17) is 4.74 Å². The third-order valence-corrected chi connectivity index (χ3v) is 3.28. The first kappa shape index (κ1) is 11.4. The smallest absolute Gasteiger partial charge is 0.127 e. The van der Waals surface area contributed by atoms with Crippen molar-refractivity contribution in [1.82, 2.24) is 0 Å². The van der Waals surface area contributed by atoms with E-state index >= 15 is 0 Å². The molecule has 1 aromatic rings. The first-order valence-corrected chi connectivity index (χ1v) is 6.08. The lowest BCUT2D eigenvalue weighted by Gasteiger charge is -2.23. The van der Waals surface area contributed by atoms with E-state index in [9.17, 15) is 0 Å². The van der Waals surface area contributed by atoms with Crippen LogP contribution in [0.15, 0.2) is 18.2 Å². The van der Waals surface area contributed by atoms with Crippen LogP contribution in [0.4, 0.5) is 0 Å². The molecule has 0 aliphatic carbocycles. The Morgan fingerprint density at radius 1 is 1.31 bits per heavy atom. The molecule has 3 heteroatoms. The van der Waals surface area contributed by atoms with Crippen LogP contribution in [0, 0.1) is 6.92 Å². The monoisotopic (exact) mass is 222 g/mol. The summed E-state index contributed by atoms with van der Waals surface area (Å²) in [5.74, 6) is 1.03. The molecule has 1 heterocycles. The molecular formula is C13H22N2O+2. The summed E-state index contributed by atoms with van der Waals surface area (Å²) >= 11 is 0. The molecule has 0 saturated carbocycles. The van der Waals surface area contributed by atoms with Gasteiger partial charge in [0.25, 0.3) is 0 Å². The Hall–Kier alpha value is -1.06. The molecule has 1 aliphatic heterocycles. The van der Waals surface area contributed by atoms with Crippen LogP contribution >= 0.6 is 0 Å². The summed E-state index contributed by atoms with van der Waals surface area (Å²) in [6, 6.07) is 6.45. The van der Waals surface area contributed by atoms with Gasteiger partial charge in [0.2, 0.25) is 0 Å². The van der Waals surface area contributed by atoms with E-state index in [2.05, 4.69) is 30.4 Å². The van der Waals surface area contributed by atoms with Crippen LogP contribution in [0.5, 0.6) is 5.75 Å². The van der Waals surface area contributed by atoms with Gasteiger partial charge in [-0.1, -0.05) is 11.6 Å². The zero-order valence-corrected chi connectivity index (χ0v) is 10.3. The minimum atomic E-state index is 1.03. The minimum Gasteiger partial charge on any atom is -0.496 e. The van der Waals surface area contributed by atoms with Gasteiger partial charge in [0.1, 0.15) is 38.5 Å². The Morgan fingerprint density at radius 2 is 2.06 bits per heavy atom. The molecule has 88 valence electrons. The minimum absolute atomic E-state index is 1.03. The molecule has 0 bridgehead atoms. The van der Waals surface area contributed by atoms with Crippen LogP contribution in [-0.2, 0) is 6.54 Å². The van der Waals surface area contributed by atoms with E-state index in [1.165, 1.54) is 37.3 Å². The number of aryl methyl sites for hydroxylation is 1. The molecule has 0 radical (unpaired) electrons. The number of nitrogens with one attached hydrogen (secondary N) is 1. The van der Waals surface area contributed by atoms with E-state index in [1.807, 2.05) is 0 Å². The van der Waals surface area contributed by atoms with Crippen molar-refractivity contribution in [1.29, 1.82) is 0 Å². The molecule has 16 heavy (non-hydrogen) atoms. The molecule has 1 aromatic carbocycles. The van der Waals surface area contributed by atoms with Gasteiger partial charge in [-0.25, -0.2) is 0 Å². The molecule has 1 fully saturated rings. The Kier molecular flexibility index (Phi) is 3.80. The highest BCUT2D eigenvalue weighted by atomic mass is 16.5. The Morgan fingerprint density at radius 3 is 2.75 bits per heavy atom. The van der Waals surface area contributed by atoms with Crippen molar-refractivity contribution in [2.75, 3.05) is 33.3 Å². The van der Waals surface area contributed by atoms with Gasteiger partial charge >= 0.3 is 0 Å². The van der Waals surface area contributed by atoms with Gasteiger partial charge in [0, 0.05) is 5.56 Å². The maximum atomic E-state index is 5.42. The third kappa shape index (κ3) is 2.74. The van der Waals surface area contributed by atoms with Crippen LogP contribution in [-0.4, -0.2) is 33.3 Å². The topological polar surface area (TPSA) is 30.3 Å². The number of ether oxygens (including phenoxy) is 1. The molecule has 0 atom stereocenters. The number of nitrogens with two attached hydrogens (primary N) is 1. The molecule has 1 saturated heterocycles. The molecule has 0 spiro atoms. The van der Waals surface area contributed by atoms with Crippen LogP contribution in [0.25, 0.3) is 0 Å². The Labute approximate surface area is 97.4 Å². The molecule has 0 unspecified atom stereocenters. The predicted octanol–water partition coefficient (Wildman–Crippen LogP) is -1.03. The van der Waals surface area contributed by atoms with Crippen molar-refractivity contribution in [3.05, 3.63) is 29.3 Å². The second kappa shape index (κ2) is 5.32.